The lowest BCUT2D eigenvalue weighted by Crippen LogP contribution is -2.32. The minimum atomic E-state index is -1.38. The highest BCUT2D eigenvalue weighted by Crippen LogP contribution is 2.37. The Bertz CT molecular complexity index is 881. The molecule has 3 rings (SSSR count). The van der Waals surface area contributed by atoms with Crippen molar-refractivity contribution in [3.05, 3.63) is 0 Å². The minimum absolute atomic E-state index is 0.0329. The molecule has 0 spiro atoms. The molecule has 12 heteroatoms. The number of anilines is 1. The van der Waals surface area contributed by atoms with Crippen LogP contribution in [0.5, 0.6) is 0 Å². The van der Waals surface area contributed by atoms with Gasteiger partial charge >= 0.3 is 5.97 Å². The number of fused-ring (bicyclic) bond motifs is 1. The number of aliphatic hydroxyl groups is 3. The molecule has 1 aliphatic rings. The van der Waals surface area contributed by atoms with Gasteiger partial charge in [-0.05, 0) is 25.7 Å². The van der Waals surface area contributed by atoms with Crippen molar-refractivity contribution in [2.75, 3.05) is 24.2 Å². The quantitative estimate of drug-likeness (QED) is 0.177. The highest BCUT2D eigenvalue weighted by atomic mass is 32.2. The third-order valence-corrected chi connectivity index (χ3v) is 6.45. The number of nitrogens with one attached hydrogen (secondary N) is 1. The van der Waals surface area contributed by atoms with Gasteiger partial charge in [-0.2, -0.15) is 0 Å². The van der Waals surface area contributed by atoms with E-state index in [1.807, 2.05) is 0 Å². The van der Waals surface area contributed by atoms with Crippen LogP contribution in [-0.4, -0.2) is 82.5 Å². The van der Waals surface area contributed by atoms with Crippen molar-refractivity contribution in [1.29, 1.82) is 0 Å². The maximum Gasteiger partial charge on any atom is 0.309 e. The zero-order valence-corrected chi connectivity index (χ0v) is 18.3. The van der Waals surface area contributed by atoms with Crippen LogP contribution in [0, 0.1) is 5.92 Å². The molecule has 1 fully saturated rings. The summed E-state index contributed by atoms with van der Waals surface area (Å²) in [6, 6.07) is -0.744. The van der Waals surface area contributed by atoms with E-state index >= 15 is 0 Å². The van der Waals surface area contributed by atoms with E-state index in [1.165, 1.54) is 16.4 Å². The van der Waals surface area contributed by atoms with Crippen LogP contribution in [0.4, 0.5) is 5.82 Å². The molecule has 2 aromatic heterocycles. The Kier molecular flexibility index (Phi) is 8.41. The van der Waals surface area contributed by atoms with Crippen LogP contribution in [0.3, 0.4) is 0 Å². The Hall–Kier alpha value is -2.02. The van der Waals surface area contributed by atoms with Gasteiger partial charge in [-0.15, -0.1) is 5.10 Å². The van der Waals surface area contributed by atoms with Gasteiger partial charge in [0.25, 0.3) is 0 Å². The van der Waals surface area contributed by atoms with Crippen molar-refractivity contribution < 1.29 is 25.2 Å². The number of thioether (sulfide) groups is 1. The minimum Gasteiger partial charge on any atom is -0.481 e. The summed E-state index contributed by atoms with van der Waals surface area (Å²) in [5.74, 6) is -0.860. The molecule has 0 bridgehead atoms. The number of carboxylic acid groups (broad SMARTS) is 1. The molecule has 2 heterocycles. The summed E-state index contributed by atoms with van der Waals surface area (Å²) >= 11 is 1.50. The van der Waals surface area contributed by atoms with E-state index in [9.17, 15) is 20.1 Å². The van der Waals surface area contributed by atoms with E-state index in [0.717, 1.165) is 37.9 Å². The average molecular weight is 455 g/mol. The molecular formula is C19H30N6O5S. The van der Waals surface area contributed by atoms with Crippen LogP contribution in [0.2, 0.25) is 0 Å². The second kappa shape index (κ2) is 11.0. The SMILES string of the molecule is CCCSc1nc(NCCCCCCO)c2nnn(C3C[C@H](C(=O)O)C(O)C3O)c2n1. The molecule has 1 saturated carbocycles. The molecule has 5 N–H and O–H groups in total. The zero-order chi connectivity index (χ0) is 22.4. The van der Waals surface area contributed by atoms with Crippen molar-refractivity contribution in [2.45, 2.75) is 68.9 Å². The number of aliphatic hydroxyl groups excluding tert-OH is 3. The lowest BCUT2D eigenvalue weighted by Gasteiger charge is -2.16. The summed E-state index contributed by atoms with van der Waals surface area (Å²) < 4.78 is 1.41. The molecule has 11 nitrogen and oxygen atoms in total. The van der Waals surface area contributed by atoms with E-state index in [1.54, 1.807) is 0 Å². The van der Waals surface area contributed by atoms with Gasteiger partial charge in [0.1, 0.15) is 6.10 Å². The summed E-state index contributed by atoms with van der Waals surface area (Å²) in [6.07, 6.45) is 1.95. The number of rotatable bonds is 12. The van der Waals surface area contributed by atoms with Crippen molar-refractivity contribution >= 4 is 34.7 Å². The van der Waals surface area contributed by atoms with Gasteiger partial charge in [0, 0.05) is 18.9 Å². The Balaban J connectivity index is 1.86. The highest BCUT2D eigenvalue weighted by Gasteiger charge is 2.47. The van der Waals surface area contributed by atoms with Crippen molar-refractivity contribution in [1.82, 2.24) is 25.0 Å². The lowest BCUT2D eigenvalue weighted by atomic mass is 10.1. The first-order valence-electron chi connectivity index (χ1n) is 10.7. The Morgan fingerprint density at radius 1 is 1.19 bits per heavy atom. The molecular weight excluding hydrogens is 424 g/mol. The summed E-state index contributed by atoms with van der Waals surface area (Å²) in [7, 11) is 0. The number of unbranched alkanes of at least 4 members (excludes halogenated alkanes) is 3. The number of aliphatic carboxylic acids is 1. The molecule has 0 aliphatic heterocycles. The third kappa shape index (κ3) is 5.43. The van der Waals surface area contributed by atoms with Crippen molar-refractivity contribution in [2.24, 2.45) is 5.92 Å². The summed E-state index contributed by atoms with van der Waals surface area (Å²) in [5, 5.41) is 50.9. The van der Waals surface area contributed by atoms with Crippen molar-refractivity contribution in [3.8, 4) is 0 Å². The Morgan fingerprint density at radius 3 is 2.65 bits per heavy atom. The molecule has 2 aromatic rings. The summed E-state index contributed by atoms with van der Waals surface area (Å²) in [6.45, 7) is 2.94. The molecule has 0 aromatic carbocycles. The van der Waals surface area contributed by atoms with Gasteiger partial charge < -0.3 is 25.7 Å². The van der Waals surface area contributed by atoms with Crippen LogP contribution in [0.15, 0.2) is 5.16 Å². The standard InChI is InChI=1S/C19H30N6O5S/c1-2-9-31-19-21-16(20-7-5-3-4-6-8-26)13-17(22-19)25(24-23-13)12-10-11(18(29)30)14(27)15(12)28/h11-12,14-15,26-28H,2-10H2,1H3,(H,29,30)(H,20,21,22)/t11-,12?,14?,15?/m0/s1. The summed E-state index contributed by atoms with van der Waals surface area (Å²) in [4.78, 5) is 20.5. The lowest BCUT2D eigenvalue weighted by molar-refractivity contribution is -0.145. The molecule has 31 heavy (non-hydrogen) atoms. The molecule has 1 aliphatic carbocycles. The van der Waals surface area contributed by atoms with Crippen LogP contribution < -0.4 is 5.32 Å². The van der Waals surface area contributed by atoms with Gasteiger partial charge in [0.2, 0.25) is 0 Å². The van der Waals surface area contributed by atoms with Crippen LogP contribution >= 0.6 is 11.8 Å². The normalized spacial score (nSPS) is 23.5. The molecule has 3 unspecified atom stereocenters. The molecule has 4 atom stereocenters. The second-order valence-electron chi connectivity index (χ2n) is 7.70. The monoisotopic (exact) mass is 454 g/mol. The van der Waals surface area contributed by atoms with Gasteiger partial charge in [-0.1, -0.05) is 36.7 Å². The average Bonchev–Trinajstić information content (AvgIpc) is 3.30. The fourth-order valence-corrected chi connectivity index (χ4v) is 4.40. The molecule has 0 amide bonds. The maximum absolute atomic E-state index is 11.4. The largest absolute Gasteiger partial charge is 0.481 e. The number of carbonyl (C=O) groups is 1. The van der Waals surface area contributed by atoms with Gasteiger partial charge in [-0.25, -0.2) is 14.6 Å². The van der Waals surface area contributed by atoms with Crippen LogP contribution in [0.1, 0.15) is 51.5 Å². The van der Waals surface area contributed by atoms with E-state index in [-0.39, 0.29) is 13.0 Å². The predicted molar refractivity (Wildman–Crippen MR) is 115 cm³/mol. The smallest absolute Gasteiger partial charge is 0.309 e. The van der Waals surface area contributed by atoms with Crippen molar-refractivity contribution in [3.63, 3.8) is 0 Å². The Labute approximate surface area is 184 Å². The second-order valence-corrected chi connectivity index (χ2v) is 8.77. The number of carboxylic acids is 1. The zero-order valence-electron chi connectivity index (χ0n) is 17.5. The molecule has 0 radical (unpaired) electrons. The highest BCUT2D eigenvalue weighted by molar-refractivity contribution is 7.99. The first-order valence-corrected chi connectivity index (χ1v) is 11.7. The number of hydrogen-bond donors (Lipinski definition) is 5. The van der Waals surface area contributed by atoms with Gasteiger partial charge in [-0.3, -0.25) is 4.79 Å². The predicted octanol–water partition coefficient (Wildman–Crippen LogP) is 1.06. The Morgan fingerprint density at radius 2 is 1.97 bits per heavy atom. The third-order valence-electron chi connectivity index (χ3n) is 5.40. The van der Waals surface area contributed by atoms with Crippen LogP contribution in [0.25, 0.3) is 11.2 Å². The summed E-state index contributed by atoms with van der Waals surface area (Å²) in [5.41, 5.74) is 0.843. The first kappa shape index (κ1) is 23.6. The molecule has 0 saturated heterocycles. The van der Waals surface area contributed by atoms with E-state index in [2.05, 4.69) is 32.5 Å². The van der Waals surface area contributed by atoms with E-state index in [0.29, 0.717) is 28.7 Å². The fourth-order valence-electron chi connectivity index (χ4n) is 3.71. The fraction of sp³-hybridized carbons (Fsp3) is 0.737. The van der Waals surface area contributed by atoms with E-state index < -0.39 is 30.1 Å². The van der Waals surface area contributed by atoms with Gasteiger partial charge in [0.15, 0.2) is 22.1 Å². The maximum atomic E-state index is 11.4. The number of aromatic nitrogens is 5. The first-order chi connectivity index (χ1) is 15.0. The number of nitrogens with zero attached hydrogens (tertiary/aromatic N) is 5. The van der Waals surface area contributed by atoms with Crippen LogP contribution in [-0.2, 0) is 4.79 Å². The van der Waals surface area contributed by atoms with Gasteiger partial charge in [0.05, 0.1) is 18.1 Å². The molecule has 172 valence electrons. The van der Waals surface area contributed by atoms with E-state index in [4.69, 9.17) is 5.11 Å². The topological polar surface area (TPSA) is 167 Å². The number of hydrogen-bond acceptors (Lipinski definition) is 10.